The molecule has 2 aromatic rings. The molecule has 0 fully saturated rings. The van der Waals surface area contributed by atoms with Crippen LogP contribution in [0.3, 0.4) is 0 Å². The highest BCUT2D eigenvalue weighted by Crippen LogP contribution is 2.10. The van der Waals surface area contributed by atoms with Crippen molar-refractivity contribution in [3.8, 4) is 11.8 Å². The van der Waals surface area contributed by atoms with Gasteiger partial charge in [-0.2, -0.15) is 10.4 Å². The molecule has 0 radical (unpaired) electrons. The van der Waals surface area contributed by atoms with Gasteiger partial charge in [0.25, 0.3) is 0 Å². The number of hydrogen-bond donors (Lipinski definition) is 1. The van der Waals surface area contributed by atoms with Crippen molar-refractivity contribution >= 4 is 0 Å². The van der Waals surface area contributed by atoms with Crippen LogP contribution < -0.4 is 5.73 Å². The molecule has 2 rings (SSSR count). The largest absolute Gasteiger partial charge is 0.324 e. The molecule has 1 heterocycles. The molecule has 74 valence electrons. The molecular weight excluding hydrogens is 190 g/mol. The normalized spacial score (nSPS) is 9.87. The monoisotopic (exact) mass is 199 g/mol. The third-order valence-corrected chi connectivity index (χ3v) is 2.02. The molecule has 15 heavy (non-hydrogen) atoms. The predicted octanol–water partition coefficient (Wildman–Crippen LogP) is 0.598. The van der Waals surface area contributed by atoms with Gasteiger partial charge in [0.1, 0.15) is 12.2 Å². The summed E-state index contributed by atoms with van der Waals surface area (Å²) >= 11 is 0. The summed E-state index contributed by atoms with van der Waals surface area (Å²) < 4.78 is 1.63. The van der Waals surface area contributed by atoms with Crippen LogP contribution in [0.1, 0.15) is 11.4 Å². The maximum atomic E-state index is 8.77. The summed E-state index contributed by atoms with van der Waals surface area (Å²) in [5.74, 6) is 0.671. The molecule has 2 N–H and O–H groups in total. The maximum Gasteiger partial charge on any atom is 0.145 e. The Labute approximate surface area is 86.8 Å². The lowest BCUT2D eigenvalue weighted by Crippen LogP contribution is -2.08. The van der Waals surface area contributed by atoms with Gasteiger partial charge in [-0.1, -0.05) is 6.07 Å². The highest BCUT2D eigenvalue weighted by Gasteiger charge is 2.04. The Hall–Kier alpha value is -2.19. The van der Waals surface area contributed by atoms with E-state index in [0.29, 0.717) is 17.9 Å². The van der Waals surface area contributed by atoms with E-state index in [1.165, 1.54) is 6.33 Å². The van der Waals surface area contributed by atoms with Crippen LogP contribution in [-0.4, -0.2) is 14.8 Å². The number of hydrogen-bond acceptors (Lipinski definition) is 4. The van der Waals surface area contributed by atoms with E-state index >= 15 is 0 Å². The number of nitriles is 1. The minimum Gasteiger partial charge on any atom is -0.324 e. The van der Waals surface area contributed by atoms with E-state index < -0.39 is 0 Å². The first-order valence-corrected chi connectivity index (χ1v) is 4.44. The van der Waals surface area contributed by atoms with Crippen molar-refractivity contribution in [2.45, 2.75) is 6.54 Å². The van der Waals surface area contributed by atoms with Crippen molar-refractivity contribution in [3.05, 3.63) is 42.0 Å². The molecule has 0 unspecified atom stereocenters. The van der Waals surface area contributed by atoms with Crippen LogP contribution in [0.15, 0.2) is 30.6 Å². The molecule has 0 amide bonds. The van der Waals surface area contributed by atoms with E-state index in [1.807, 2.05) is 6.07 Å². The van der Waals surface area contributed by atoms with Gasteiger partial charge in [0, 0.05) is 0 Å². The standard InChI is InChI=1S/C10H9N5/c11-5-8-2-1-3-9(4-8)15-10(6-12)13-7-14-15/h1-4,7H,6,12H2. The van der Waals surface area contributed by atoms with Gasteiger partial charge < -0.3 is 5.73 Å². The summed E-state index contributed by atoms with van der Waals surface area (Å²) in [6.45, 7) is 0.316. The molecule has 0 bridgehead atoms. The number of nitrogens with two attached hydrogens (primary N) is 1. The van der Waals surface area contributed by atoms with E-state index in [0.717, 1.165) is 5.69 Å². The van der Waals surface area contributed by atoms with Crippen LogP contribution in [-0.2, 0) is 6.54 Å². The molecule has 0 saturated carbocycles. The second-order valence-corrected chi connectivity index (χ2v) is 2.95. The zero-order chi connectivity index (χ0) is 10.7. The Morgan fingerprint density at radius 2 is 2.33 bits per heavy atom. The number of aromatic nitrogens is 3. The van der Waals surface area contributed by atoms with Gasteiger partial charge in [-0.3, -0.25) is 0 Å². The molecule has 0 spiro atoms. The summed E-state index contributed by atoms with van der Waals surface area (Å²) in [4.78, 5) is 4.01. The summed E-state index contributed by atoms with van der Waals surface area (Å²) in [5, 5.41) is 12.8. The topological polar surface area (TPSA) is 80.5 Å². The fourth-order valence-electron chi connectivity index (χ4n) is 1.33. The Morgan fingerprint density at radius 3 is 3.07 bits per heavy atom. The van der Waals surface area contributed by atoms with Crippen molar-refractivity contribution in [2.75, 3.05) is 0 Å². The Kier molecular flexibility index (Phi) is 2.44. The van der Waals surface area contributed by atoms with E-state index in [2.05, 4.69) is 16.2 Å². The highest BCUT2D eigenvalue weighted by atomic mass is 15.3. The summed E-state index contributed by atoms with van der Waals surface area (Å²) in [6.07, 6.45) is 1.45. The molecule has 1 aromatic carbocycles. The molecule has 1 aromatic heterocycles. The van der Waals surface area contributed by atoms with Crippen LogP contribution in [0, 0.1) is 11.3 Å². The van der Waals surface area contributed by atoms with Gasteiger partial charge in [-0.05, 0) is 18.2 Å². The maximum absolute atomic E-state index is 8.77. The lowest BCUT2D eigenvalue weighted by Gasteiger charge is -2.03. The number of rotatable bonds is 2. The molecule has 0 atom stereocenters. The quantitative estimate of drug-likeness (QED) is 0.767. The number of nitrogens with zero attached hydrogens (tertiary/aromatic N) is 4. The van der Waals surface area contributed by atoms with Crippen molar-refractivity contribution in [1.82, 2.24) is 14.8 Å². The first-order chi connectivity index (χ1) is 7.35. The van der Waals surface area contributed by atoms with Crippen molar-refractivity contribution in [1.29, 1.82) is 5.26 Å². The van der Waals surface area contributed by atoms with E-state index in [4.69, 9.17) is 11.0 Å². The van der Waals surface area contributed by atoms with E-state index in [9.17, 15) is 0 Å². The first-order valence-electron chi connectivity index (χ1n) is 4.44. The number of benzene rings is 1. The predicted molar refractivity (Wildman–Crippen MR) is 54.0 cm³/mol. The summed E-state index contributed by atoms with van der Waals surface area (Å²) in [5.41, 5.74) is 6.90. The lowest BCUT2D eigenvalue weighted by atomic mass is 10.2. The highest BCUT2D eigenvalue weighted by molar-refractivity contribution is 5.40. The average molecular weight is 199 g/mol. The zero-order valence-electron chi connectivity index (χ0n) is 7.96. The molecule has 0 aliphatic heterocycles. The van der Waals surface area contributed by atoms with Crippen LogP contribution in [0.25, 0.3) is 5.69 Å². The van der Waals surface area contributed by atoms with Crippen LogP contribution in [0.2, 0.25) is 0 Å². The first kappa shape index (κ1) is 9.37. The minimum absolute atomic E-state index is 0.316. The second-order valence-electron chi connectivity index (χ2n) is 2.95. The van der Waals surface area contributed by atoms with E-state index in [-0.39, 0.29) is 0 Å². The average Bonchev–Trinajstić information content (AvgIpc) is 2.77. The third-order valence-electron chi connectivity index (χ3n) is 2.02. The Bertz CT molecular complexity index is 509. The van der Waals surface area contributed by atoms with Crippen molar-refractivity contribution < 1.29 is 0 Å². The van der Waals surface area contributed by atoms with Gasteiger partial charge in [0.2, 0.25) is 0 Å². The molecule has 5 heteroatoms. The van der Waals surface area contributed by atoms with Gasteiger partial charge in [-0.15, -0.1) is 0 Å². The molecular formula is C10H9N5. The van der Waals surface area contributed by atoms with Crippen LogP contribution >= 0.6 is 0 Å². The van der Waals surface area contributed by atoms with Crippen LogP contribution in [0.5, 0.6) is 0 Å². The van der Waals surface area contributed by atoms with Gasteiger partial charge >= 0.3 is 0 Å². The smallest absolute Gasteiger partial charge is 0.145 e. The fourth-order valence-corrected chi connectivity index (χ4v) is 1.33. The van der Waals surface area contributed by atoms with Crippen molar-refractivity contribution in [3.63, 3.8) is 0 Å². The Balaban J connectivity index is 2.50. The molecule has 5 nitrogen and oxygen atoms in total. The van der Waals surface area contributed by atoms with E-state index in [1.54, 1.807) is 22.9 Å². The molecule has 0 aliphatic rings. The van der Waals surface area contributed by atoms with Gasteiger partial charge in [-0.25, -0.2) is 9.67 Å². The molecule has 0 saturated heterocycles. The zero-order valence-corrected chi connectivity index (χ0v) is 7.96. The minimum atomic E-state index is 0.316. The molecule has 0 aliphatic carbocycles. The van der Waals surface area contributed by atoms with Crippen LogP contribution in [0.4, 0.5) is 0 Å². The fraction of sp³-hybridized carbons (Fsp3) is 0.100. The lowest BCUT2D eigenvalue weighted by molar-refractivity contribution is 0.789. The second kappa shape index (κ2) is 3.90. The van der Waals surface area contributed by atoms with Gasteiger partial charge in [0.05, 0.1) is 23.9 Å². The van der Waals surface area contributed by atoms with Crippen molar-refractivity contribution in [2.24, 2.45) is 5.73 Å². The summed E-state index contributed by atoms with van der Waals surface area (Å²) in [6, 6.07) is 9.21. The third kappa shape index (κ3) is 1.71. The van der Waals surface area contributed by atoms with Gasteiger partial charge in [0.15, 0.2) is 0 Å². The SMILES string of the molecule is N#Cc1cccc(-n2ncnc2CN)c1. The Morgan fingerprint density at radius 1 is 1.47 bits per heavy atom. The summed E-state index contributed by atoms with van der Waals surface area (Å²) in [7, 11) is 0.